The monoisotopic (exact) mass is 262 g/mol. The smallest absolute Gasteiger partial charge is 0.0965 e. The second kappa shape index (κ2) is 5.19. The largest absolute Gasteiger partial charge is 0.389 e. The molecule has 0 bridgehead atoms. The van der Waals surface area contributed by atoms with Gasteiger partial charge in [0.15, 0.2) is 0 Å². The summed E-state index contributed by atoms with van der Waals surface area (Å²) >= 11 is 0. The van der Waals surface area contributed by atoms with Gasteiger partial charge in [-0.3, -0.25) is 9.88 Å². The fraction of sp³-hybridized carbons (Fsp3) is 0.667. The molecule has 2 atom stereocenters. The molecule has 0 radical (unpaired) electrons. The van der Waals surface area contributed by atoms with Gasteiger partial charge in [0.25, 0.3) is 0 Å². The molecule has 1 N–H and O–H groups in total. The van der Waals surface area contributed by atoms with Crippen LogP contribution in [-0.2, 0) is 11.3 Å². The Morgan fingerprint density at radius 3 is 3.05 bits per heavy atom. The number of piperidine rings is 1. The van der Waals surface area contributed by atoms with Crippen molar-refractivity contribution in [2.75, 3.05) is 19.7 Å². The van der Waals surface area contributed by atoms with Crippen LogP contribution in [-0.4, -0.2) is 46.4 Å². The van der Waals surface area contributed by atoms with Crippen molar-refractivity contribution in [2.24, 2.45) is 0 Å². The van der Waals surface area contributed by atoms with Crippen LogP contribution in [0.25, 0.3) is 0 Å². The lowest BCUT2D eigenvalue weighted by molar-refractivity contribution is -0.130. The van der Waals surface area contributed by atoms with Crippen LogP contribution >= 0.6 is 0 Å². The molecule has 2 aliphatic rings. The molecule has 19 heavy (non-hydrogen) atoms. The average Bonchev–Trinajstić information content (AvgIpc) is 2.84. The third kappa shape index (κ3) is 2.66. The van der Waals surface area contributed by atoms with Gasteiger partial charge in [0.2, 0.25) is 0 Å². The Balaban J connectivity index is 1.63. The van der Waals surface area contributed by atoms with Crippen LogP contribution in [0.3, 0.4) is 0 Å². The maximum Gasteiger partial charge on any atom is 0.0965 e. The number of ether oxygens (including phenoxy) is 1. The van der Waals surface area contributed by atoms with E-state index in [1.54, 1.807) is 0 Å². The molecule has 4 heteroatoms. The quantitative estimate of drug-likeness (QED) is 0.877. The number of aromatic nitrogens is 1. The van der Waals surface area contributed by atoms with Gasteiger partial charge >= 0.3 is 0 Å². The maximum atomic E-state index is 10.4. The maximum absolute atomic E-state index is 10.4. The molecule has 0 amide bonds. The third-order valence-electron chi connectivity index (χ3n) is 4.36. The Hall–Kier alpha value is -0.970. The summed E-state index contributed by atoms with van der Waals surface area (Å²) in [5, 5.41) is 10.4. The zero-order chi connectivity index (χ0) is 13.3. The van der Waals surface area contributed by atoms with Gasteiger partial charge in [-0.15, -0.1) is 0 Å². The molecular formula is C15H22N2O2. The number of hydrogen-bond acceptors (Lipinski definition) is 4. The van der Waals surface area contributed by atoms with E-state index in [0.717, 1.165) is 39.0 Å². The van der Waals surface area contributed by atoms with E-state index in [1.807, 2.05) is 12.4 Å². The van der Waals surface area contributed by atoms with Crippen molar-refractivity contribution in [3.05, 3.63) is 29.6 Å². The first-order valence-corrected chi connectivity index (χ1v) is 7.13. The molecule has 1 aromatic heterocycles. The highest BCUT2D eigenvalue weighted by Crippen LogP contribution is 2.36. The molecule has 2 aliphatic heterocycles. The van der Waals surface area contributed by atoms with E-state index < -0.39 is 0 Å². The normalized spacial score (nSPS) is 32.0. The SMILES string of the molecule is Cc1cncc(CN2CC[C@@]3(CCCO3)[C@@H](O)C2)c1. The Labute approximate surface area is 114 Å². The van der Waals surface area contributed by atoms with Crippen molar-refractivity contribution in [3.63, 3.8) is 0 Å². The number of aliphatic hydroxyl groups is 1. The minimum atomic E-state index is -0.360. The summed E-state index contributed by atoms with van der Waals surface area (Å²) in [6.45, 7) is 5.42. The number of likely N-dealkylation sites (tertiary alicyclic amines) is 1. The zero-order valence-corrected chi connectivity index (χ0v) is 11.5. The predicted molar refractivity (Wildman–Crippen MR) is 72.8 cm³/mol. The molecule has 4 nitrogen and oxygen atoms in total. The second-order valence-electron chi connectivity index (χ2n) is 5.89. The van der Waals surface area contributed by atoms with Gasteiger partial charge in [-0.2, -0.15) is 0 Å². The summed E-state index contributed by atoms with van der Waals surface area (Å²) in [5.41, 5.74) is 2.16. The van der Waals surface area contributed by atoms with Gasteiger partial charge in [0.1, 0.15) is 0 Å². The van der Waals surface area contributed by atoms with Gasteiger partial charge in [-0.25, -0.2) is 0 Å². The van der Waals surface area contributed by atoms with E-state index in [2.05, 4.69) is 22.9 Å². The van der Waals surface area contributed by atoms with Crippen molar-refractivity contribution < 1.29 is 9.84 Å². The van der Waals surface area contributed by atoms with Crippen LogP contribution in [0.2, 0.25) is 0 Å². The van der Waals surface area contributed by atoms with Crippen LogP contribution in [0.5, 0.6) is 0 Å². The number of pyridine rings is 1. The molecule has 2 saturated heterocycles. The number of aliphatic hydroxyl groups excluding tert-OH is 1. The fourth-order valence-electron chi connectivity index (χ4n) is 3.30. The van der Waals surface area contributed by atoms with Crippen LogP contribution in [0.1, 0.15) is 30.4 Å². The van der Waals surface area contributed by atoms with E-state index in [0.29, 0.717) is 6.54 Å². The first-order valence-electron chi connectivity index (χ1n) is 7.13. The molecule has 0 aliphatic carbocycles. The molecule has 104 valence electrons. The number of hydrogen-bond donors (Lipinski definition) is 1. The summed E-state index contributed by atoms with van der Waals surface area (Å²) in [6, 6.07) is 2.16. The van der Waals surface area contributed by atoms with Crippen molar-refractivity contribution in [1.29, 1.82) is 0 Å². The Kier molecular flexibility index (Phi) is 3.56. The lowest BCUT2D eigenvalue weighted by Gasteiger charge is -2.42. The molecule has 3 heterocycles. The number of nitrogens with zero attached hydrogens (tertiary/aromatic N) is 2. The van der Waals surface area contributed by atoms with Gasteiger partial charge in [-0.1, -0.05) is 6.07 Å². The van der Waals surface area contributed by atoms with Crippen molar-refractivity contribution >= 4 is 0 Å². The molecule has 1 spiro atoms. The molecule has 2 fully saturated rings. The standard InChI is InChI=1S/C15H22N2O2/c1-12-7-13(9-16-8-12)10-17-5-4-15(14(18)11-17)3-2-6-19-15/h7-9,14,18H,2-6,10-11H2,1H3/t14-,15-/m0/s1. The highest BCUT2D eigenvalue weighted by molar-refractivity contribution is 5.16. The number of β-amino-alcohol motifs (C(OH)–C–C–N with tert-alkyl or cyclic N) is 1. The molecule has 3 rings (SSSR count). The van der Waals surface area contributed by atoms with Crippen LogP contribution in [0.15, 0.2) is 18.5 Å². The summed E-state index contributed by atoms with van der Waals surface area (Å²) in [5.74, 6) is 0. The minimum Gasteiger partial charge on any atom is -0.389 e. The van der Waals surface area contributed by atoms with Gasteiger partial charge in [0, 0.05) is 38.6 Å². The Morgan fingerprint density at radius 1 is 1.47 bits per heavy atom. The van der Waals surface area contributed by atoms with E-state index in [1.165, 1.54) is 11.1 Å². The molecule has 0 saturated carbocycles. The minimum absolute atomic E-state index is 0.249. The summed E-state index contributed by atoms with van der Waals surface area (Å²) in [7, 11) is 0. The highest BCUT2D eigenvalue weighted by Gasteiger charge is 2.45. The van der Waals surface area contributed by atoms with Crippen molar-refractivity contribution in [3.8, 4) is 0 Å². The molecule has 1 aromatic rings. The summed E-state index contributed by atoms with van der Waals surface area (Å²) < 4.78 is 5.82. The topological polar surface area (TPSA) is 45.6 Å². The van der Waals surface area contributed by atoms with E-state index in [4.69, 9.17) is 4.74 Å². The van der Waals surface area contributed by atoms with E-state index in [-0.39, 0.29) is 11.7 Å². The van der Waals surface area contributed by atoms with Gasteiger partial charge < -0.3 is 9.84 Å². The zero-order valence-electron chi connectivity index (χ0n) is 11.5. The molecule has 0 aromatic carbocycles. The predicted octanol–water partition coefficient (Wildman–Crippen LogP) is 1.51. The summed E-state index contributed by atoms with van der Waals surface area (Å²) in [6.07, 6.45) is 6.45. The first-order chi connectivity index (χ1) is 9.18. The van der Waals surface area contributed by atoms with Gasteiger partial charge in [-0.05, 0) is 37.3 Å². The van der Waals surface area contributed by atoms with E-state index >= 15 is 0 Å². The lowest BCUT2D eigenvalue weighted by atomic mass is 9.86. The van der Waals surface area contributed by atoms with Crippen LogP contribution in [0, 0.1) is 6.92 Å². The number of aryl methyl sites for hydroxylation is 1. The highest BCUT2D eigenvalue weighted by atomic mass is 16.5. The molecule has 0 unspecified atom stereocenters. The lowest BCUT2D eigenvalue weighted by Crippen LogP contribution is -2.54. The summed E-state index contributed by atoms with van der Waals surface area (Å²) in [4.78, 5) is 6.53. The Morgan fingerprint density at radius 2 is 2.37 bits per heavy atom. The average molecular weight is 262 g/mol. The molecular weight excluding hydrogens is 240 g/mol. The second-order valence-corrected chi connectivity index (χ2v) is 5.89. The first kappa shape index (κ1) is 13.0. The Bertz CT molecular complexity index is 444. The van der Waals surface area contributed by atoms with Crippen molar-refractivity contribution in [2.45, 2.75) is 44.4 Å². The van der Waals surface area contributed by atoms with E-state index in [9.17, 15) is 5.11 Å². The fourth-order valence-corrected chi connectivity index (χ4v) is 3.30. The van der Waals surface area contributed by atoms with Crippen molar-refractivity contribution in [1.82, 2.24) is 9.88 Å². The van der Waals surface area contributed by atoms with Gasteiger partial charge in [0.05, 0.1) is 11.7 Å². The van der Waals surface area contributed by atoms with Crippen LogP contribution in [0.4, 0.5) is 0 Å². The number of rotatable bonds is 2. The van der Waals surface area contributed by atoms with Crippen LogP contribution < -0.4 is 0 Å². The third-order valence-corrected chi connectivity index (χ3v) is 4.36.